The molecule has 92 valence electrons. The van der Waals surface area contributed by atoms with Gasteiger partial charge < -0.3 is 5.11 Å². The lowest BCUT2D eigenvalue weighted by atomic mass is 9.79. The largest absolute Gasteiger partial charge is 0.386 e. The minimum absolute atomic E-state index is 0.559. The lowest BCUT2D eigenvalue weighted by molar-refractivity contribution is 0.0833. The molecule has 0 aromatic carbocycles. The van der Waals surface area contributed by atoms with E-state index in [1.165, 1.54) is 18.4 Å². The molecule has 0 radical (unpaired) electrons. The fraction of sp³-hybridized carbons (Fsp3) is 0.733. The topological polar surface area (TPSA) is 20.2 Å². The summed E-state index contributed by atoms with van der Waals surface area (Å²) in [7, 11) is 0. The summed E-state index contributed by atoms with van der Waals surface area (Å²) in [5, 5.41) is 9.83. The first-order valence-corrected chi connectivity index (χ1v) is 6.46. The molecular formula is C15H26O. The maximum absolute atomic E-state index is 9.83. The quantitative estimate of drug-likeness (QED) is 0.710. The van der Waals surface area contributed by atoms with E-state index in [2.05, 4.69) is 32.9 Å². The van der Waals surface area contributed by atoms with Crippen LogP contribution < -0.4 is 0 Å². The number of aliphatic hydroxyl groups is 1. The third-order valence-corrected chi connectivity index (χ3v) is 3.59. The summed E-state index contributed by atoms with van der Waals surface area (Å²) in [6.07, 6.45) is 11.0. The Morgan fingerprint density at radius 1 is 1.56 bits per heavy atom. The Hall–Kier alpha value is -0.560. The van der Waals surface area contributed by atoms with Crippen molar-refractivity contribution in [1.82, 2.24) is 0 Å². The van der Waals surface area contributed by atoms with Crippen LogP contribution >= 0.6 is 0 Å². The van der Waals surface area contributed by atoms with Crippen LogP contribution in [-0.2, 0) is 0 Å². The third-order valence-electron chi connectivity index (χ3n) is 3.59. The van der Waals surface area contributed by atoms with Gasteiger partial charge in [-0.2, -0.15) is 0 Å². The molecule has 0 bridgehead atoms. The number of hydrogen-bond acceptors (Lipinski definition) is 1. The van der Waals surface area contributed by atoms with Crippen molar-refractivity contribution < 1.29 is 5.11 Å². The zero-order chi connectivity index (χ0) is 12.2. The minimum Gasteiger partial charge on any atom is -0.386 e. The zero-order valence-corrected chi connectivity index (χ0v) is 11.2. The summed E-state index contributed by atoms with van der Waals surface area (Å²) in [5.41, 5.74) is 0.852. The molecule has 0 amide bonds. The smallest absolute Gasteiger partial charge is 0.0800 e. The predicted molar refractivity (Wildman–Crippen MR) is 70.3 cm³/mol. The number of allylic oxidation sites excluding steroid dienone is 3. The highest BCUT2D eigenvalue weighted by Crippen LogP contribution is 2.31. The van der Waals surface area contributed by atoms with Gasteiger partial charge in [-0.05, 0) is 58.3 Å². The van der Waals surface area contributed by atoms with Crippen molar-refractivity contribution in [2.24, 2.45) is 11.8 Å². The standard InChI is InChI=1S/C15H26O/c1-12(2)6-5-7-13(3)14-8-10-15(4,16)11-9-14/h6,8,10,13-14,16H,5,7,9,11H2,1-4H3/t13-,14+,15-/m1/s1. The average Bonchev–Trinajstić information content (AvgIpc) is 2.16. The molecule has 0 heterocycles. The molecule has 1 heteroatoms. The van der Waals surface area contributed by atoms with Gasteiger partial charge in [0.25, 0.3) is 0 Å². The van der Waals surface area contributed by atoms with Gasteiger partial charge in [0, 0.05) is 0 Å². The lowest BCUT2D eigenvalue weighted by Crippen LogP contribution is -2.27. The van der Waals surface area contributed by atoms with Crippen molar-refractivity contribution in [2.75, 3.05) is 0 Å². The van der Waals surface area contributed by atoms with Crippen LogP contribution in [0.3, 0.4) is 0 Å². The molecule has 1 rings (SSSR count). The van der Waals surface area contributed by atoms with Gasteiger partial charge in [-0.3, -0.25) is 0 Å². The van der Waals surface area contributed by atoms with Crippen molar-refractivity contribution >= 4 is 0 Å². The molecule has 0 aliphatic heterocycles. The first-order valence-electron chi connectivity index (χ1n) is 6.46. The summed E-state index contributed by atoms with van der Waals surface area (Å²) in [6, 6.07) is 0. The maximum Gasteiger partial charge on any atom is 0.0800 e. The fourth-order valence-corrected chi connectivity index (χ4v) is 2.29. The van der Waals surface area contributed by atoms with Crippen LogP contribution in [0.1, 0.15) is 53.4 Å². The maximum atomic E-state index is 9.83. The Bertz CT molecular complexity index is 269. The van der Waals surface area contributed by atoms with Gasteiger partial charge in [-0.1, -0.05) is 30.7 Å². The van der Waals surface area contributed by atoms with Crippen LogP contribution in [0.15, 0.2) is 23.8 Å². The Morgan fingerprint density at radius 3 is 2.75 bits per heavy atom. The molecule has 0 aromatic rings. The zero-order valence-electron chi connectivity index (χ0n) is 11.2. The summed E-state index contributed by atoms with van der Waals surface area (Å²) in [5.74, 6) is 1.38. The van der Waals surface area contributed by atoms with Crippen molar-refractivity contribution in [3.8, 4) is 0 Å². The molecule has 0 spiro atoms. The Kier molecular flexibility index (Phi) is 4.79. The summed E-state index contributed by atoms with van der Waals surface area (Å²) in [6.45, 7) is 8.53. The normalized spacial score (nSPS) is 31.2. The monoisotopic (exact) mass is 222 g/mol. The van der Waals surface area contributed by atoms with Gasteiger partial charge in [0.1, 0.15) is 0 Å². The summed E-state index contributed by atoms with van der Waals surface area (Å²) >= 11 is 0. The van der Waals surface area contributed by atoms with Gasteiger partial charge in [0.2, 0.25) is 0 Å². The molecule has 1 aliphatic carbocycles. The van der Waals surface area contributed by atoms with E-state index >= 15 is 0 Å². The second-order valence-electron chi connectivity index (χ2n) is 5.75. The molecule has 1 nitrogen and oxygen atoms in total. The van der Waals surface area contributed by atoms with Crippen LogP contribution in [0.5, 0.6) is 0 Å². The van der Waals surface area contributed by atoms with Crippen LogP contribution in [0.4, 0.5) is 0 Å². The van der Waals surface area contributed by atoms with Gasteiger partial charge in [-0.25, -0.2) is 0 Å². The molecule has 0 saturated carbocycles. The second-order valence-corrected chi connectivity index (χ2v) is 5.75. The average molecular weight is 222 g/mol. The van der Waals surface area contributed by atoms with E-state index in [1.54, 1.807) is 0 Å². The predicted octanol–water partition coefficient (Wildman–Crippen LogP) is 4.09. The van der Waals surface area contributed by atoms with E-state index in [0.717, 1.165) is 18.8 Å². The molecule has 3 atom stereocenters. The first kappa shape index (κ1) is 13.5. The molecular weight excluding hydrogens is 196 g/mol. The Morgan fingerprint density at radius 2 is 2.25 bits per heavy atom. The fourth-order valence-electron chi connectivity index (χ4n) is 2.29. The van der Waals surface area contributed by atoms with E-state index in [9.17, 15) is 5.11 Å². The van der Waals surface area contributed by atoms with Crippen molar-refractivity contribution in [3.05, 3.63) is 23.8 Å². The van der Waals surface area contributed by atoms with Crippen LogP contribution in [0, 0.1) is 11.8 Å². The second kappa shape index (κ2) is 5.67. The lowest BCUT2D eigenvalue weighted by Gasteiger charge is -2.30. The van der Waals surface area contributed by atoms with E-state index in [-0.39, 0.29) is 0 Å². The molecule has 0 unspecified atom stereocenters. The Labute approximate surface area is 100 Å². The highest BCUT2D eigenvalue weighted by atomic mass is 16.3. The van der Waals surface area contributed by atoms with Gasteiger partial charge in [-0.15, -0.1) is 0 Å². The summed E-state index contributed by atoms with van der Waals surface area (Å²) < 4.78 is 0. The van der Waals surface area contributed by atoms with E-state index in [0.29, 0.717) is 5.92 Å². The highest BCUT2D eigenvalue weighted by molar-refractivity contribution is 5.06. The van der Waals surface area contributed by atoms with Gasteiger partial charge in [0.05, 0.1) is 5.60 Å². The molecule has 0 aromatic heterocycles. The summed E-state index contributed by atoms with van der Waals surface area (Å²) in [4.78, 5) is 0. The van der Waals surface area contributed by atoms with E-state index in [1.807, 2.05) is 13.0 Å². The van der Waals surface area contributed by atoms with E-state index < -0.39 is 5.60 Å². The number of rotatable bonds is 4. The Balaban J connectivity index is 2.39. The molecule has 1 aliphatic rings. The molecule has 1 N–H and O–H groups in total. The third kappa shape index (κ3) is 4.52. The highest BCUT2D eigenvalue weighted by Gasteiger charge is 2.25. The van der Waals surface area contributed by atoms with Crippen molar-refractivity contribution in [1.29, 1.82) is 0 Å². The molecule has 0 fully saturated rings. The van der Waals surface area contributed by atoms with Gasteiger partial charge >= 0.3 is 0 Å². The van der Waals surface area contributed by atoms with E-state index in [4.69, 9.17) is 0 Å². The molecule has 16 heavy (non-hydrogen) atoms. The van der Waals surface area contributed by atoms with Crippen LogP contribution in [0.2, 0.25) is 0 Å². The van der Waals surface area contributed by atoms with Crippen LogP contribution in [-0.4, -0.2) is 10.7 Å². The molecule has 0 saturated heterocycles. The first-order chi connectivity index (χ1) is 7.41. The number of hydrogen-bond donors (Lipinski definition) is 1. The SMILES string of the molecule is CC(C)=CCC[C@@H](C)[C@H]1C=C[C@@](C)(O)CC1. The van der Waals surface area contributed by atoms with Crippen molar-refractivity contribution in [2.45, 2.75) is 59.0 Å². The van der Waals surface area contributed by atoms with Crippen LogP contribution in [0.25, 0.3) is 0 Å². The minimum atomic E-state index is -0.559. The van der Waals surface area contributed by atoms with Crippen molar-refractivity contribution in [3.63, 3.8) is 0 Å². The van der Waals surface area contributed by atoms with Gasteiger partial charge in [0.15, 0.2) is 0 Å².